The van der Waals surface area contributed by atoms with Gasteiger partial charge in [0.25, 0.3) is 0 Å². The van der Waals surface area contributed by atoms with Crippen LogP contribution < -0.4 is 4.74 Å². The van der Waals surface area contributed by atoms with Crippen molar-refractivity contribution < 1.29 is 9.47 Å². The highest BCUT2D eigenvalue weighted by Gasteiger charge is 2.52. The van der Waals surface area contributed by atoms with E-state index < -0.39 is 0 Å². The van der Waals surface area contributed by atoms with Gasteiger partial charge >= 0.3 is 0 Å². The molecule has 2 aromatic rings. The van der Waals surface area contributed by atoms with Crippen LogP contribution >= 0.6 is 11.3 Å². The SMILES string of the molecule is CC1(C)Oc2ccccc2[C@@H]2O[C@@H]3CCN(Cc4cscn4)[C@@H]3C[C@H]21. The van der Waals surface area contributed by atoms with Gasteiger partial charge in [-0.25, -0.2) is 4.98 Å². The zero-order valence-corrected chi connectivity index (χ0v) is 15.5. The summed E-state index contributed by atoms with van der Waals surface area (Å²) < 4.78 is 13.1. The van der Waals surface area contributed by atoms with Crippen molar-refractivity contribution in [1.29, 1.82) is 0 Å². The van der Waals surface area contributed by atoms with E-state index in [-0.39, 0.29) is 11.7 Å². The Bertz CT molecular complexity index is 761. The lowest BCUT2D eigenvalue weighted by Crippen LogP contribution is -2.53. The number of hydrogen-bond donors (Lipinski definition) is 0. The molecule has 0 saturated carbocycles. The molecule has 132 valence electrons. The summed E-state index contributed by atoms with van der Waals surface area (Å²) in [5.41, 5.74) is 4.12. The molecule has 4 nitrogen and oxygen atoms in total. The van der Waals surface area contributed by atoms with Crippen molar-refractivity contribution in [3.05, 3.63) is 46.4 Å². The molecule has 3 aliphatic heterocycles. The first-order valence-corrected chi connectivity index (χ1v) is 10.1. The fourth-order valence-electron chi connectivity index (χ4n) is 4.84. The molecule has 0 radical (unpaired) electrons. The van der Waals surface area contributed by atoms with Crippen LogP contribution in [-0.4, -0.2) is 34.2 Å². The van der Waals surface area contributed by atoms with Gasteiger partial charge in [-0.1, -0.05) is 18.2 Å². The van der Waals surface area contributed by atoms with Gasteiger partial charge in [0.05, 0.1) is 23.4 Å². The van der Waals surface area contributed by atoms with Crippen LogP contribution in [-0.2, 0) is 11.3 Å². The minimum absolute atomic E-state index is 0.153. The number of aromatic nitrogens is 1. The Balaban J connectivity index is 1.43. The number of likely N-dealkylation sites (tertiary alicyclic amines) is 1. The van der Waals surface area contributed by atoms with Gasteiger partial charge < -0.3 is 9.47 Å². The lowest BCUT2D eigenvalue weighted by molar-refractivity contribution is -0.162. The maximum absolute atomic E-state index is 6.69. The number of nitrogens with zero attached hydrogens (tertiary/aromatic N) is 2. The van der Waals surface area contributed by atoms with Gasteiger partial charge in [0.15, 0.2) is 0 Å². The molecule has 0 aliphatic carbocycles. The molecular formula is C20H24N2O2S. The van der Waals surface area contributed by atoms with Crippen LogP contribution in [0.3, 0.4) is 0 Å². The third-order valence-electron chi connectivity index (χ3n) is 6.12. The van der Waals surface area contributed by atoms with E-state index in [1.165, 1.54) is 11.3 Å². The van der Waals surface area contributed by atoms with Crippen LogP contribution in [0.4, 0.5) is 0 Å². The lowest BCUT2D eigenvalue weighted by Gasteiger charge is -2.50. The van der Waals surface area contributed by atoms with Crippen molar-refractivity contribution in [3.63, 3.8) is 0 Å². The predicted octanol–water partition coefficient (Wildman–Crippen LogP) is 4.03. The van der Waals surface area contributed by atoms with Crippen molar-refractivity contribution in [3.8, 4) is 5.75 Å². The standard InChI is InChI=1S/C20H24N2O2S/c1-20(2)15-9-16-18(7-8-22(16)10-13-11-25-12-21-13)23-19(15)14-5-3-4-6-17(14)24-20/h3-6,11-12,15-16,18-19H,7-10H2,1-2H3/t15-,16-,18-,19+/m1/s1. The van der Waals surface area contributed by atoms with Crippen molar-refractivity contribution in [2.75, 3.05) is 6.54 Å². The Kier molecular flexibility index (Phi) is 3.66. The minimum Gasteiger partial charge on any atom is -0.487 e. The van der Waals surface area contributed by atoms with Gasteiger partial charge in [0, 0.05) is 36.0 Å². The first kappa shape index (κ1) is 15.8. The highest BCUT2D eigenvalue weighted by molar-refractivity contribution is 7.07. The molecule has 2 fully saturated rings. The number of rotatable bonds is 2. The summed E-state index contributed by atoms with van der Waals surface area (Å²) in [6, 6.07) is 8.86. The van der Waals surface area contributed by atoms with Crippen LogP contribution in [0.1, 0.15) is 44.1 Å². The molecule has 1 aromatic heterocycles. The quantitative estimate of drug-likeness (QED) is 0.813. The Hall–Kier alpha value is -1.43. The molecular weight excluding hydrogens is 332 g/mol. The summed E-state index contributed by atoms with van der Waals surface area (Å²) in [5.74, 6) is 1.37. The summed E-state index contributed by atoms with van der Waals surface area (Å²) in [7, 11) is 0. The van der Waals surface area contributed by atoms with Crippen LogP contribution in [0.2, 0.25) is 0 Å². The Morgan fingerprint density at radius 2 is 2.20 bits per heavy atom. The number of thiazole rings is 1. The molecule has 2 saturated heterocycles. The molecule has 4 heterocycles. The van der Waals surface area contributed by atoms with Gasteiger partial charge in [0.1, 0.15) is 11.4 Å². The lowest BCUT2D eigenvalue weighted by atomic mass is 9.74. The van der Waals surface area contributed by atoms with E-state index >= 15 is 0 Å². The summed E-state index contributed by atoms with van der Waals surface area (Å²) in [4.78, 5) is 7.03. The summed E-state index contributed by atoms with van der Waals surface area (Å²) >= 11 is 1.67. The second kappa shape index (κ2) is 5.79. The monoisotopic (exact) mass is 356 g/mol. The molecule has 5 heteroatoms. The molecule has 25 heavy (non-hydrogen) atoms. The topological polar surface area (TPSA) is 34.6 Å². The highest BCUT2D eigenvalue weighted by atomic mass is 32.1. The third-order valence-corrected chi connectivity index (χ3v) is 6.76. The first-order valence-electron chi connectivity index (χ1n) is 9.16. The molecule has 1 aromatic carbocycles. The predicted molar refractivity (Wildman–Crippen MR) is 97.8 cm³/mol. The molecule has 0 unspecified atom stereocenters. The van der Waals surface area contributed by atoms with Crippen molar-refractivity contribution in [2.45, 2.75) is 57.1 Å². The van der Waals surface area contributed by atoms with E-state index in [2.05, 4.69) is 47.3 Å². The number of ether oxygens (including phenoxy) is 2. The average molecular weight is 356 g/mol. The van der Waals surface area contributed by atoms with Gasteiger partial charge in [0.2, 0.25) is 0 Å². The summed E-state index contributed by atoms with van der Waals surface area (Å²) in [6.07, 6.45) is 2.71. The van der Waals surface area contributed by atoms with E-state index in [1.807, 2.05) is 11.6 Å². The van der Waals surface area contributed by atoms with E-state index in [4.69, 9.17) is 9.47 Å². The van der Waals surface area contributed by atoms with Crippen molar-refractivity contribution >= 4 is 11.3 Å². The van der Waals surface area contributed by atoms with Crippen molar-refractivity contribution in [1.82, 2.24) is 9.88 Å². The summed E-state index contributed by atoms with van der Waals surface area (Å²) in [6.45, 7) is 6.45. The molecule has 0 spiro atoms. The van der Waals surface area contributed by atoms with Crippen LogP contribution in [0.25, 0.3) is 0 Å². The molecule has 0 bridgehead atoms. The van der Waals surface area contributed by atoms with Crippen molar-refractivity contribution in [2.24, 2.45) is 5.92 Å². The second-order valence-corrected chi connectivity index (χ2v) is 8.71. The number of fused-ring (bicyclic) bond motifs is 4. The molecule has 3 aliphatic rings. The van der Waals surface area contributed by atoms with Crippen LogP contribution in [0.5, 0.6) is 5.75 Å². The smallest absolute Gasteiger partial charge is 0.125 e. The normalized spacial score (nSPS) is 33.2. The van der Waals surface area contributed by atoms with E-state index in [0.717, 1.165) is 31.7 Å². The summed E-state index contributed by atoms with van der Waals surface area (Å²) in [5, 5.41) is 2.16. The first-order chi connectivity index (χ1) is 12.1. The second-order valence-electron chi connectivity index (χ2n) is 7.99. The zero-order valence-electron chi connectivity index (χ0n) is 14.7. The highest BCUT2D eigenvalue weighted by Crippen LogP contribution is 2.52. The molecule has 4 atom stereocenters. The minimum atomic E-state index is -0.209. The molecule has 5 rings (SSSR count). The maximum Gasteiger partial charge on any atom is 0.125 e. The van der Waals surface area contributed by atoms with Gasteiger partial charge in [-0.15, -0.1) is 11.3 Å². The van der Waals surface area contributed by atoms with Gasteiger partial charge in [-0.05, 0) is 32.8 Å². The van der Waals surface area contributed by atoms with E-state index in [0.29, 0.717) is 18.1 Å². The molecule has 0 N–H and O–H groups in total. The Morgan fingerprint density at radius 1 is 1.32 bits per heavy atom. The Morgan fingerprint density at radius 3 is 3.04 bits per heavy atom. The zero-order chi connectivity index (χ0) is 17.0. The fourth-order valence-corrected chi connectivity index (χ4v) is 5.39. The largest absolute Gasteiger partial charge is 0.487 e. The Labute approximate surface area is 152 Å². The van der Waals surface area contributed by atoms with Gasteiger partial charge in [-0.2, -0.15) is 0 Å². The molecule has 0 amide bonds. The number of para-hydroxylation sites is 1. The van der Waals surface area contributed by atoms with E-state index in [1.54, 1.807) is 11.3 Å². The van der Waals surface area contributed by atoms with E-state index in [9.17, 15) is 0 Å². The number of benzene rings is 1. The third kappa shape index (κ3) is 2.60. The van der Waals surface area contributed by atoms with Crippen LogP contribution in [0, 0.1) is 5.92 Å². The van der Waals surface area contributed by atoms with Gasteiger partial charge in [-0.3, -0.25) is 4.90 Å². The fraction of sp³-hybridized carbons (Fsp3) is 0.550. The van der Waals surface area contributed by atoms with Crippen LogP contribution in [0.15, 0.2) is 35.2 Å². The average Bonchev–Trinajstić information content (AvgIpc) is 3.24. The number of hydrogen-bond acceptors (Lipinski definition) is 5. The maximum atomic E-state index is 6.69.